The van der Waals surface area contributed by atoms with Crippen molar-refractivity contribution in [3.05, 3.63) is 59.7 Å². The minimum Gasteiger partial charge on any atom is -0.394 e. The smallest absolute Gasteiger partial charge is 0.394 e. The van der Waals surface area contributed by atoms with Crippen LogP contribution in [0.25, 0.3) is 0 Å². The number of rotatable bonds is 4. The molecule has 4 rings (SSSR count). The molecular weight excluding hydrogens is 400 g/mol. The third-order valence-corrected chi connectivity index (χ3v) is 5.99. The summed E-state index contributed by atoms with van der Waals surface area (Å²) in [5.74, 6) is -1.23. The molecule has 0 heterocycles. The molecule has 2 saturated carbocycles. The summed E-state index contributed by atoms with van der Waals surface area (Å²) in [6, 6.07) is 12.7. The summed E-state index contributed by atoms with van der Waals surface area (Å²) in [5, 5.41) is 0. The van der Waals surface area contributed by atoms with E-state index in [0.29, 0.717) is 24.0 Å². The summed E-state index contributed by atoms with van der Waals surface area (Å²) in [7, 11) is 0. The zero-order valence-corrected chi connectivity index (χ0v) is 16.1. The number of carbonyl (C=O) groups is 1. The van der Waals surface area contributed by atoms with Gasteiger partial charge in [-0.1, -0.05) is 36.4 Å². The molecule has 2 fully saturated rings. The fraction of sp³-hybridized carbons (Fsp3) is 0.435. The predicted octanol–water partition coefficient (Wildman–Crippen LogP) is 6.37. The molecule has 0 radical (unpaired) electrons. The molecule has 2 aliphatic rings. The Balaban J connectivity index is 1.51. The highest BCUT2D eigenvalue weighted by molar-refractivity contribution is 5.68. The highest BCUT2D eigenvalue weighted by atomic mass is 19.2. The minimum atomic E-state index is -1.66. The second-order valence-electron chi connectivity index (χ2n) is 7.82. The Morgan fingerprint density at radius 2 is 1.07 bits per heavy atom. The van der Waals surface area contributed by atoms with Gasteiger partial charge in [0.15, 0.2) is 0 Å². The van der Waals surface area contributed by atoms with Crippen molar-refractivity contribution in [2.45, 2.75) is 62.2 Å². The van der Waals surface area contributed by atoms with E-state index in [4.69, 9.17) is 9.47 Å². The topological polar surface area (TPSA) is 35.5 Å². The molecule has 0 saturated heterocycles. The maximum absolute atomic E-state index is 14.2. The molecule has 0 aromatic heterocycles. The fourth-order valence-corrected chi connectivity index (χ4v) is 4.43. The molecule has 160 valence electrons. The monoisotopic (exact) mass is 422 g/mol. The van der Waals surface area contributed by atoms with E-state index in [0.717, 1.165) is 0 Å². The Morgan fingerprint density at radius 3 is 1.43 bits per heavy atom. The summed E-state index contributed by atoms with van der Waals surface area (Å²) >= 11 is 0. The lowest BCUT2D eigenvalue weighted by molar-refractivity contribution is 0.148. The van der Waals surface area contributed by atoms with Crippen LogP contribution in [0.4, 0.5) is 22.4 Å². The number of alkyl halides is 4. The molecule has 6 atom stereocenters. The Hall–Kier alpha value is -2.57. The van der Waals surface area contributed by atoms with Gasteiger partial charge in [0.05, 0.1) is 0 Å². The molecule has 30 heavy (non-hydrogen) atoms. The van der Waals surface area contributed by atoms with E-state index in [1.54, 1.807) is 36.4 Å². The number of ether oxygens (including phenoxy) is 2. The second-order valence-corrected chi connectivity index (χ2v) is 7.82. The average molecular weight is 422 g/mol. The number of benzene rings is 2. The standard InChI is InChI=1S/C23H22F4O3/c24-17-11-9-15(21(17)26)13-5-1-3-7-19(13)29-23(28)30-20-8-4-2-6-14(20)16-10-12-18(25)22(16)27/h1-8,15-18,21-22H,9-12H2. The zero-order valence-electron chi connectivity index (χ0n) is 16.1. The summed E-state index contributed by atoms with van der Waals surface area (Å²) in [5.41, 5.74) is 0.797. The molecule has 0 N–H and O–H groups in total. The number of halogens is 4. The molecule has 6 unspecified atom stereocenters. The maximum Gasteiger partial charge on any atom is 0.519 e. The zero-order chi connectivity index (χ0) is 21.3. The highest BCUT2D eigenvalue weighted by Crippen LogP contribution is 2.43. The SMILES string of the molecule is O=C(Oc1ccccc1C1CCC(F)C1F)Oc1ccccc1C1CCC(F)C1F. The molecule has 7 heteroatoms. The first-order valence-electron chi connectivity index (χ1n) is 10.1. The Morgan fingerprint density at radius 1 is 0.667 bits per heavy atom. The van der Waals surface area contributed by atoms with Gasteiger partial charge in [-0.3, -0.25) is 0 Å². The fourth-order valence-electron chi connectivity index (χ4n) is 4.43. The van der Waals surface area contributed by atoms with Crippen molar-refractivity contribution in [3.8, 4) is 11.5 Å². The first kappa shape index (κ1) is 20.7. The van der Waals surface area contributed by atoms with E-state index < -0.39 is 42.7 Å². The van der Waals surface area contributed by atoms with Crippen molar-refractivity contribution in [3.63, 3.8) is 0 Å². The molecule has 0 spiro atoms. The van der Waals surface area contributed by atoms with E-state index >= 15 is 0 Å². The van der Waals surface area contributed by atoms with Gasteiger partial charge in [-0.25, -0.2) is 22.4 Å². The Labute approximate surface area is 172 Å². The first-order valence-corrected chi connectivity index (χ1v) is 10.1. The van der Waals surface area contributed by atoms with Gasteiger partial charge in [-0.2, -0.15) is 0 Å². The molecule has 0 aliphatic heterocycles. The third kappa shape index (κ3) is 4.02. The van der Waals surface area contributed by atoms with E-state index in [2.05, 4.69) is 0 Å². The van der Waals surface area contributed by atoms with Crippen molar-refractivity contribution >= 4 is 6.16 Å². The van der Waals surface area contributed by atoms with Crippen LogP contribution in [-0.2, 0) is 0 Å². The molecule has 2 aromatic carbocycles. The van der Waals surface area contributed by atoms with Gasteiger partial charge in [0.2, 0.25) is 0 Å². The van der Waals surface area contributed by atoms with E-state index in [-0.39, 0.29) is 24.3 Å². The van der Waals surface area contributed by atoms with Crippen molar-refractivity contribution in [2.24, 2.45) is 0 Å². The predicted molar refractivity (Wildman–Crippen MR) is 103 cm³/mol. The molecule has 0 bridgehead atoms. The highest BCUT2D eigenvalue weighted by Gasteiger charge is 2.40. The van der Waals surface area contributed by atoms with Crippen LogP contribution in [0, 0.1) is 0 Å². The van der Waals surface area contributed by atoms with Crippen LogP contribution in [0.2, 0.25) is 0 Å². The van der Waals surface area contributed by atoms with E-state index in [1.165, 1.54) is 12.1 Å². The van der Waals surface area contributed by atoms with Gasteiger partial charge in [-0.15, -0.1) is 0 Å². The summed E-state index contributed by atoms with van der Waals surface area (Å²) in [6.07, 6.45) is -6.64. The number of carbonyl (C=O) groups excluding carboxylic acids is 1. The lowest BCUT2D eigenvalue weighted by Crippen LogP contribution is -2.20. The van der Waals surface area contributed by atoms with Crippen LogP contribution >= 0.6 is 0 Å². The van der Waals surface area contributed by atoms with Crippen LogP contribution in [0.1, 0.15) is 48.6 Å². The van der Waals surface area contributed by atoms with Crippen LogP contribution in [-0.4, -0.2) is 30.8 Å². The molecule has 0 amide bonds. The van der Waals surface area contributed by atoms with Crippen molar-refractivity contribution in [1.82, 2.24) is 0 Å². The Bertz CT molecular complexity index is 834. The van der Waals surface area contributed by atoms with Crippen LogP contribution in [0.5, 0.6) is 11.5 Å². The third-order valence-electron chi connectivity index (χ3n) is 5.99. The van der Waals surface area contributed by atoms with Gasteiger partial charge >= 0.3 is 6.16 Å². The Kier molecular flexibility index (Phi) is 5.97. The number of para-hydroxylation sites is 2. The van der Waals surface area contributed by atoms with Gasteiger partial charge in [0, 0.05) is 23.0 Å². The van der Waals surface area contributed by atoms with Crippen LogP contribution in [0.15, 0.2) is 48.5 Å². The van der Waals surface area contributed by atoms with Crippen molar-refractivity contribution in [1.29, 1.82) is 0 Å². The first-order chi connectivity index (χ1) is 14.5. The van der Waals surface area contributed by atoms with Crippen molar-refractivity contribution in [2.75, 3.05) is 0 Å². The van der Waals surface area contributed by atoms with Gasteiger partial charge < -0.3 is 9.47 Å². The number of hydrogen-bond acceptors (Lipinski definition) is 3. The molecule has 3 nitrogen and oxygen atoms in total. The van der Waals surface area contributed by atoms with E-state index in [9.17, 15) is 22.4 Å². The van der Waals surface area contributed by atoms with Gasteiger partial charge in [0.1, 0.15) is 36.2 Å². The summed E-state index contributed by atoms with van der Waals surface area (Å²) in [4.78, 5) is 12.4. The summed E-state index contributed by atoms with van der Waals surface area (Å²) in [6.45, 7) is 0. The number of hydrogen-bond donors (Lipinski definition) is 0. The average Bonchev–Trinajstić information content (AvgIpc) is 3.24. The minimum absolute atomic E-state index is 0.0924. The lowest BCUT2D eigenvalue weighted by atomic mass is 9.95. The van der Waals surface area contributed by atoms with Crippen LogP contribution in [0.3, 0.4) is 0 Å². The van der Waals surface area contributed by atoms with E-state index in [1.807, 2.05) is 0 Å². The van der Waals surface area contributed by atoms with Crippen molar-refractivity contribution < 1.29 is 31.8 Å². The molecule has 2 aromatic rings. The molecule has 2 aliphatic carbocycles. The van der Waals surface area contributed by atoms with Crippen LogP contribution < -0.4 is 9.47 Å². The lowest BCUT2D eigenvalue weighted by Gasteiger charge is -2.19. The maximum atomic E-state index is 14.2. The second kappa shape index (κ2) is 8.66. The van der Waals surface area contributed by atoms with Gasteiger partial charge in [0.25, 0.3) is 0 Å². The summed E-state index contributed by atoms with van der Waals surface area (Å²) < 4.78 is 66.3. The molecular formula is C23H22F4O3. The quantitative estimate of drug-likeness (QED) is 0.326. The van der Waals surface area contributed by atoms with Gasteiger partial charge in [-0.05, 0) is 37.8 Å². The normalized spacial score (nSPS) is 30.9. The largest absolute Gasteiger partial charge is 0.519 e.